The van der Waals surface area contributed by atoms with Gasteiger partial charge < -0.3 is 5.32 Å². The van der Waals surface area contributed by atoms with Crippen molar-refractivity contribution < 1.29 is 13.6 Å². The van der Waals surface area contributed by atoms with E-state index in [1.165, 1.54) is 0 Å². The van der Waals surface area contributed by atoms with Crippen molar-refractivity contribution in [3.8, 4) is 0 Å². The predicted molar refractivity (Wildman–Crippen MR) is 51.8 cm³/mol. The molecule has 4 heteroatoms. The van der Waals surface area contributed by atoms with Gasteiger partial charge in [-0.2, -0.15) is 0 Å². The largest absolute Gasteiger partial charge is 0.349 e. The van der Waals surface area contributed by atoms with E-state index in [4.69, 9.17) is 0 Å². The molecule has 1 aliphatic carbocycles. The van der Waals surface area contributed by atoms with Gasteiger partial charge in [-0.1, -0.05) is 18.2 Å². The van der Waals surface area contributed by atoms with Crippen molar-refractivity contribution in [1.82, 2.24) is 5.32 Å². The lowest BCUT2D eigenvalue weighted by Crippen LogP contribution is -2.27. The fourth-order valence-corrected chi connectivity index (χ4v) is 1.50. The molecule has 1 aromatic carbocycles. The van der Waals surface area contributed by atoms with Crippen LogP contribution in [-0.2, 0) is 0 Å². The Morgan fingerprint density at radius 2 is 2.00 bits per heavy atom. The first kappa shape index (κ1) is 10.1. The predicted octanol–water partition coefficient (Wildman–Crippen LogP) is 2.07. The van der Waals surface area contributed by atoms with Crippen LogP contribution in [0.15, 0.2) is 30.3 Å². The van der Waals surface area contributed by atoms with Gasteiger partial charge in [0.1, 0.15) is 0 Å². The highest BCUT2D eigenvalue weighted by Crippen LogP contribution is 2.36. The maximum Gasteiger partial charge on any atom is 0.251 e. The van der Waals surface area contributed by atoms with Crippen molar-refractivity contribution in [3.63, 3.8) is 0 Å². The van der Waals surface area contributed by atoms with Crippen molar-refractivity contribution in [2.75, 3.05) is 0 Å². The van der Waals surface area contributed by atoms with E-state index < -0.39 is 12.3 Å². The Morgan fingerprint density at radius 1 is 1.33 bits per heavy atom. The van der Waals surface area contributed by atoms with Crippen LogP contribution in [-0.4, -0.2) is 18.4 Å². The number of amides is 1. The third-order valence-corrected chi connectivity index (χ3v) is 2.52. The third kappa shape index (κ3) is 2.32. The van der Waals surface area contributed by atoms with Gasteiger partial charge in [0, 0.05) is 17.5 Å². The molecule has 1 amide bonds. The van der Waals surface area contributed by atoms with Crippen molar-refractivity contribution in [3.05, 3.63) is 35.9 Å². The minimum absolute atomic E-state index is 0.274. The SMILES string of the molecule is O=C(N[C@@H]1C[C@@H]1C(F)F)c1ccccc1. The molecule has 1 N–H and O–H groups in total. The van der Waals surface area contributed by atoms with Gasteiger partial charge in [0.2, 0.25) is 6.43 Å². The van der Waals surface area contributed by atoms with Crippen LogP contribution in [0.25, 0.3) is 0 Å². The van der Waals surface area contributed by atoms with Crippen LogP contribution >= 0.6 is 0 Å². The molecule has 1 fully saturated rings. The molecule has 0 unspecified atom stereocenters. The Morgan fingerprint density at radius 3 is 2.53 bits per heavy atom. The van der Waals surface area contributed by atoms with E-state index in [0.717, 1.165) is 0 Å². The molecule has 1 saturated carbocycles. The molecule has 0 bridgehead atoms. The summed E-state index contributed by atoms with van der Waals surface area (Å²) in [5.41, 5.74) is 0.511. The molecule has 0 spiro atoms. The van der Waals surface area contributed by atoms with Crippen molar-refractivity contribution in [2.24, 2.45) is 5.92 Å². The Kier molecular flexibility index (Phi) is 2.66. The first-order chi connectivity index (χ1) is 7.18. The van der Waals surface area contributed by atoms with E-state index in [0.29, 0.717) is 12.0 Å². The zero-order valence-corrected chi connectivity index (χ0v) is 7.99. The van der Waals surface area contributed by atoms with Gasteiger partial charge >= 0.3 is 0 Å². The van der Waals surface area contributed by atoms with E-state index in [1.807, 2.05) is 0 Å². The highest BCUT2D eigenvalue weighted by molar-refractivity contribution is 5.94. The molecule has 80 valence electrons. The average molecular weight is 211 g/mol. The van der Waals surface area contributed by atoms with Gasteiger partial charge in [-0.25, -0.2) is 8.78 Å². The Bertz CT molecular complexity index is 353. The molecule has 2 rings (SSSR count). The fourth-order valence-electron chi connectivity index (χ4n) is 1.50. The number of benzene rings is 1. The van der Waals surface area contributed by atoms with Gasteiger partial charge in [0.05, 0.1) is 0 Å². The normalized spacial score (nSPS) is 23.9. The van der Waals surface area contributed by atoms with Crippen LogP contribution in [0.4, 0.5) is 8.78 Å². The molecule has 0 heterocycles. The Labute approximate surface area is 86.3 Å². The van der Waals surface area contributed by atoms with Crippen LogP contribution < -0.4 is 5.32 Å². The van der Waals surface area contributed by atoms with Crippen molar-refractivity contribution in [2.45, 2.75) is 18.9 Å². The average Bonchev–Trinajstić information content (AvgIpc) is 2.98. The molecule has 0 saturated heterocycles. The Hall–Kier alpha value is -1.45. The number of halogens is 2. The number of alkyl halides is 2. The molecule has 0 radical (unpaired) electrons. The lowest BCUT2D eigenvalue weighted by Gasteiger charge is -2.03. The van der Waals surface area contributed by atoms with Crippen LogP contribution in [0.2, 0.25) is 0 Å². The zero-order chi connectivity index (χ0) is 10.8. The molecule has 0 aromatic heterocycles. The lowest BCUT2D eigenvalue weighted by atomic mass is 10.2. The summed E-state index contributed by atoms with van der Waals surface area (Å²) in [5.74, 6) is -0.929. The van der Waals surface area contributed by atoms with Gasteiger partial charge in [-0.15, -0.1) is 0 Å². The summed E-state index contributed by atoms with van der Waals surface area (Å²) in [7, 11) is 0. The molecular formula is C11H11F2NO. The summed E-state index contributed by atoms with van der Waals surface area (Å²) < 4.78 is 24.3. The summed E-state index contributed by atoms with van der Waals surface area (Å²) >= 11 is 0. The van der Waals surface area contributed by atoms with Gasteiger partial charge in [-0.3, -0.25) is 4.79 Å². The maximum atomic E-state index is 12.2. The number of hydrogen-bond acceptors (Lipinski definition) is 1. The highest BCUT2D eigenvalue weighted by atomic mass is 19.3. The van der Waals surface area contributed by atoms with Crippen LogP contribution in [0, 0.1) is 5.92 Å². The molecule has 1 aliphatic rings. The van der Waals surface area contributed by atoms with E-state index in [-0.39, 0.29) is 11.9 Å². The number of rotatable bonds is 3. The first-order valence-electron chi connectivity index (χ1n) is 4.82. The number of carbonyl (C=O) groups excluding carboxylic acids is 1. The van der Waals surface area contributed by atoms with E-state index in [2.05, 4.69) is 5.32 Å². The molecule has 2 atom stereocenters. The molecule has 0 aliphatic heterocycles. The highest BCUT2D eigenvalue weighted by Gasteiger charge is 2.45. The van der Waals surface area contributed by atoms with E-state index in [1.54, 1.807) is 30.3 Å². The maximum absolute atomic E-state index is 12.2. The Balaban J connectivity index is 1.90. The van der Waals surface area contributed by atoms with Crippen LogP contribution in [0.1, 0.15) is 16.8 Å². The summed E-state index contributed by atoms with van der Waals surface area (Å²) in [6.45, 7) is 0. The molecule has 15 heavy (non-hydrogen) atoms. The van der Waals surface area contributed by atoms with E-state index >= 15 is 0 Å². The fraction of sp³-hybridized carbons (Fsp3) is 0.364. The van der Waals surface area contributed by atoms with Crippen molar-refractivity contribution in [1.29, 1.82) is 0 Å². The van der Waals surface area contributed by atoms with E-state index in [9.17, 15) is 13.6 Å². The van der Waals surface area contributed by atoms with Crippen LogP contribution in [0.3, 0.4) is 0 Å². The van der Waals surface area contributed by atoms with Crippen molar-refractivity contribution >= 4 is 5.91 Å². The third-order valence-electron chi connectivity index (χ3n) is 2.52. The number of carbonyl (C=O) groups is 1. The van der Waals surface area contributed by atoms with Gasteiger partial charge in [0.25, 0.3) is 5.91 Å². The first-order valence-corrected chi connectivity index (χ1v) is 4.82. The second-order valence-electron chi connectivity index (χ2n) is 3.68. The topological polar surface area (TPSA) is 29.1 Å². The molecule has 1 aromatic rings. The number of hydrogen-bond donors (Lipinski definition) is 1. The smallest absolute Gasteiger partial charge is 0.251 e. The lowest BCUT2D eigenvalue weighted by molar-refractivity contribution is 0.0926. The second-order valence-corrected chi connectivity index (χ2v) is 3.68. The molecule has 2 nitrogen and oxygen atoms in total. The van der Waals surface area contributed by atoms with Crippen LogP contribution in [0.5, 0.6) is 0 Å². The summed E-state index contributed by atoms with van der Waals surface area (Å²) in [5, 5.41) is 2.58. The second kappa shape index (κ2) is 3.96. The summed E-state index contributed by atoms with van der Waals surface area (Å²) in [6.07, 6.45) is -1.94. The monoisotopic (exact) mass is 211 g/mol. The minimum atomic E-state index is -2.33. The van der Waals surface area contributed by atoms with Gasteiger partial charge in [-0.05, 0) is 18.6 Å². The zero-order valence-electron chi connectivity index (χ0n) is 7.99. The summed E-state index contributed by atoms with van der Waals surface area (Å²) in [4.78, 5) is 11.5. The standard InChI is InChI=1S/C11H11F2NO/c12-10(13)8-6-9(8)14-11(15)7-4-2-1-3-5-7/h1-5,8-10H,6H2,(H,14,15)/t8-,9+/m0/s1. The quantitative estimate of drug-likeness (QED) is 0.814. The molecular weight excluding hydrogens is 200 g/mol. The number of nitrogens with one attached hydrogen (secondary N) is 1. The minimum Gasteiger partial charge on any atom is -0.349 e. The van der Waals surface area contributed by atoms with Gasteiger partial charge in [0.15, 0.2) is 0 Å². The summed E-state index contributed by atoms with van der Waals surface area (Å²) in [6, 6.07) is 8.26.